The molecular weight excluding hydrogens is 288 g/mol. The Kier molecular flexibility index (Phi) is 4.59. The van der Waals surface area contributed by atoms with Crippen LogP contribution in [0.1, 0.15) is 28.1 Å². The molecule has 4 nitrogen and oxygen atoms in total. The van der Waals surface area contributed by atoms with E-state index in [2.05, 4.69) is 25.2 Å². The number of benzene rings is 1. The van der Waals surface area contributed by atoms with Gasteiger partial charge in [-0.15, -0.1) is 12.4 Å². The van der Waals surface area contributed by atoms with Crippen LogP contribution < -0.4 is 5.32 Å². The zero-order valence-corrected chi connectivity index (χ0v) is 13.4. The molecule has 21 heavy (non-hydrogen) atoms. The number of hydrogen-bond acceptors (Lipinski definition) is 3. The summed E-state index contributed by atoms with van der Waals surface area (Å²) in [6.45, 7) is 5.95. The quantitative estimate of drug-likeness (QED) is 0.928. The highest BCUT2D eigenvalue weighted by Gasteiger charge is 2.26. The molecule has 0 radical (unpaired) electrons. The molecule has 1 N–H and O–H groups in total. The van der Waals surface area contributed by atoms with Crippen molar-refractivity contribution in [3.05, 3.63) is 35.1 Å². The van der Waals surface area contributed by atoms with Gasteiger partial charge in [0, 0.05) is 25.0 Å². The Labute approximate surface area is 130 Å². The smallest absolute Gasteiger partial charge is 0.289 e. The maximum atomic E-state index is 12.5. The van der Waals surface area contributed by atoms with E-state index < -0.39 is 0 Å². The summed E-state index contributed by atoms with van der Waals surface area (Å²) in [4.78, 5) is 14.3. The van der Waals surface area contributed by atoms with Gasteiger partial charge in [0.15, 0.2) is 5.76 Å². The van der Waals surface area contributed by atoms with Crippen LogP contribution in [-0.4, -0.2) is 37.0 Å². The van der Waals surface area contributed by atoms with Crippen LogP contribution in [0.5, 0.6) is 0 Å². The first-order chi connectivity index (χ1) is 9.56. The van der Waals surface area contributed by atoms with Crippen LogP contribution in [0.2, 0.25) is 0 Å². The Bertz CT molecular complexity index is 621. The average Bonchev–Trinajstić information content (AvgIpc) is 3.06. The molecule has 2 heterocycles. The van der Waals surface area contributed by atoms with E-state index in [1.54, 1.807) is 4.90 Å². The van der Waals surface area contributed by atoms with Gasteiger partial charge >= 0.3 is 0 Å². The Morgan fingerprint density at radius 3 is 2.67 bits per heavy atom. The molecule has 1 saturated heterocycles. The second-order valence-corrected chi connectivity index (χ2v) is 5.65. The van der Waals surface area contributed by atoms with Crippen molar-refractivity contribution in [1.82, 2.24) is 10.2 Å². The monoisotopic (exact) mass is 308 g/mol. The lowest BCUT2D eigenvalue weighted by Crippen LogP contribution is -2.38. The fraction of sp³-hybridized carbons (Fsp3) is 0.438. The number of halogens is 1. The first-order valence-corrected chi connectivity index (χ1v) is 7.05. The van der Waals surface area contributed by atoms with Gasteiger partial charge in [-0.25, -0.2) is 0 Å². The van der Waals surface area contributed by atoms with Gasteiger partial charge in [0.05, 0.1) is 0 Å². The molecule has 0 saturated carbocycles. The normalized spacial score (nSPS) is 17.8. The van der Waals surface area contributed by atoms with Gasteiger partial charge in [-0.05, 0) is 56.1 Å². The number of amides is 1. The number of rotatable bonds is 2. The zero-order valence-electron chi connectivity index (χ0n) is 12.6. The summed E-state index contributed by atoms with van der Waals surface area (Å²) < 4.78 is 5.73. The highest BCUT2D eigenvalue weighted by molar-refractivity contribution is 5.96. The lowest BCUT2D eigenvalue weighted by Gasteiger charge is -2.22. The van der Waals surface area contributed by atoms with E-state index in [4.69, 9.17) is 4.42 Å². The Hall–Kier alpha value is -1.52. The minimum atomic E-state index is -0.0368. The molecule has 2 aromatic rings. The lowest BCUT2D eigenvalue weighted by molar-refractivity contribution is 0.0714. The van der Waals surface area contributed by atoms with Gasteiger partial charge in [-0.1, -0.05) is 0 Å². The average molecular weight is 309 g/mol. The van der Waals surface area contributed by atoms with Crippen LogP contribution in [0, 0.1) is 13.8 Å². The summed E-state index contributed by atoms with van der Waals surface area (Å²) in [5.41, 5.74) is 3.18. The molecule has 1 fully saturated rings. The van der Waals surface area contributed by atoms with E-state index in [9.17, 15) is 4.79 Å². The first-order valence-electron chi connectivity index (χ1n) is 7.05. The van der Waals surface area contributed by atoms with Gasteiger partial charge in [0.2, 0.25) is 0 Å². The van der Waals surface area contributed by atoms with Crippen molar-refractivity contribution < 1.29 is 9.21 Å². The molecule has 1 unspecified atom stereocenters. The first kappa shape index (κ1) is 15.9. The lowest BCUT2D eigenvalue weighted by atomic mass is 10.1. The molecule has 1 aliphatic heterocycles. The van der Waals surface area contributed by atoms with E-state index >= 15 is 0 Å². The molecule has 1 atom stereocenters. The third kappa shape index (κ3) is 2.92. The Balaban J connectivity index is 0.00000161. The third-order valence-electron chi connectivity index (χ3n) is 4.25. The summed E-state index contributed by atoms with van der Waals surface area (Å²) in [6.07, 6.45) is 1.00. The van der Waals surface area contributed by atoms with E-state index in [0.29, 0.717) is 5.76 Å². The van der Waals surface area contributed by atoms with Crippen LogP contribution in [0.15, 0.2) is 22.6 Å². The number of hydrogen-bond donors (Lipinski definition) is 1. The largest absolute Gasteiger partial charge is 0.451 e. The minimum absolute atomic E-state index is 0. The van der Waals surface area contributed by atoms with Crippen molar-refractivity contribution in [3.63, 3.8) is 0 Å². The standard InChI is InChI=1S/C16H20N2O2.ClH/c1-10-6-12-8-15(20-14(12)7-11(10)2)16(19)18(3)13-4-5-17-9-13;/h6-8,13,17H,4-5,9H2,1-3H3;1H. The van der Waals surface area contributed by atoms with Crippen LogP contribution in [-0.2, 0) is 0 Å². The second kappa shape index (κ2) is 6.08. The highest BCUT2D eigenvalue weighted by atomic mass is 35.5. The van der Waals surface area contributed by atoms with Gasteiger partial charge in [0.1, 0.15) is 5.58 Å². The van der Waals surface area contributed by atoms with E-state index in [-0.39, 0.29) is 24.4 Å². The number of carbonyl (C=O) groups excluding carboxylic acids is 1. The number of carbonyl (C=O) groups is 1. The van der Waals surface area contributed by atoms with Gasteiger partial charge < -0.3 is 14.6 Å². The van der Waals surface area contributed by atoms with Crippen molar-refractivity contribution in [1.29, 1.82) is 0 Å². The molecule has 5 heteroatoms. The molecule has 1 aliphatic rings. The van der Waals surface area contributed by atoms with Gasteiger partial charge in [0.25, 0.3) is 5.91 Å². The van der Waals surface area contributed by atoms with Gasteiger partial charge in [-0.2, -0.15) is 0 Å². The number of furan rings is 1. The summed E-state index contributed by atoms with van der Waals surface area (Å²) in [7, 11) is 1.85. The van der Waals surface area contributed by atoms with Crippen molar-refractivity contribution in [2.75, 3.05) is 20.1 Å². The molecule has 0 aliphatic carbocycles. The molecule has 0 bridgehead atoms. The van der Waals surface area contributed by atoms with Crippen molar-refractivity contribution in [2.45, 2.75) is 26.3 Å². The topological polar surface area (TPSA) is 45.5 Å². The van der Waals surface area contributed by atoms with Crippen molar-refractivity contribution in [2.24, 2.45) is 0 Å². The van der Waals surface area contributed by atoms with Crippen LogP contribution in [0.4, 0.5) is 0 Å². The predicted molar refractivity (Wildman–Crippen MR) is 86.3 cm³/mol. The maximum absolute atomic E-state index is 12.5. The second-order valence-electron chi connectivity index (χ2n) is 5.65. The zero-order chi connectivity index (χ0) is 14.3. The van der Waals surface area contributed by atoms with E-state index in [0.717, 1.165) is 30.5 Å². The van der Waals surface area contributed by atoms with E-state index in [1.165, 1.54) is 11.1 Å². The van der Waals surface area contributed by atoms with E-state index in [1.807, 2.05) is 19.2 Å². The van der Waals surface area contributed by atoms with Crippen molar-refractivity contribution in [3.8, 4) is 0 Å². The summed E-state index contributed by atoms with van der Waals surface area (Å²) in [6, 6.07) is 6.18. The summed E-state index contributed by atoms with van der Waals surface area (Å²) >= 11 is 0. The van der Waals surface area contributed by atoms with Gasteiger partial charge in [-0.3, -0.25) is 4.79 Å². The fourth-order valence-electron chi connectivity index (χ4n) is 2.72. The molecule has 1 aromatic heterocycles. The number of aryl methyl sites for hydroxylation is 2. The SMILES string of the molecule is Cc1cc2cc(C(=O)N(C)C3CCNC3)oc2cc1C.Cl. The summed E-state index contributed by atoms with van der Waals surface area (Å²) in [5.74, 6) is 0.393. The maximum Gasteiger partial charge on any atom is 0.289 e. The molecule has 1 amide bonds. The Morgan fingerprint density at radius 1 is 1.29 bits per heavy atom. The molecule has 114 valence electrons. The number of nitrogens with zero attached hydrogens (tertiary/aromatic N) is 1. The van der Waals surface area contributed by atoms with Crippen LogP contribution in [0.3, 0.4) is 0 Å². The predicted octanol–water partition coefficient (Wildman–Crippen LogP) is 2.91. The van der Waals surface area contributed by atoms with Crippen molar-refractivity contribution >= 4 is 29.3 Å². The summed E-state index contributed by atoms with van der Waals surface area (Å²) in [5, 5.41) is 4.27. The minimum Gasteiger partial charge on any atom is -0.451 e. The number of likely N-dealkylation sites (N-methyl/N-ethyl adjacent to an activating group) is 1. The highest BCUT2D eigenvalue weighted by Crippen LogP contribution is 2.24. The van der Waals surface area contributed by atoms with Crippen LogP contribution >= 0.6 is 12.4 Å². The van der Waals surface area contributed by atoms with Crippen LogP contribution in [0.25, 0.3) is 11.0 Å². The number of fused-ring (bicyclic) bond motifs is 1. The fourth-order valence-corrected chi connectivity index (χ4v) is 2.72. The Morgan fingerprint density at radius 2 is 2.00 bits per heavy atom. The molecule has 3 rings (SSSR count). The molecular formula is C16H21ClN2O2. The molecule has 1 aromatic carbocycles. The third-order valence-corrected chi connectivity index (χ3v) is 4.25. The number of nitrogens with one attached hydrogen (secondary N) is 1. The molecule has 0 spiro atoms.